The first kappa shape index (κ1) is 10.4. The molecule has 0 fully saturated rings. The number of pyridine rings is 1. The van der Waals surface area contributed by atoms with E-state index in [9.17, 15) is 0 Å². The molecule has 0 bridgehead atoms. The van der Waals surface area contributed by atoms with Gasteiger partial charge >= 0.3 is 0 Å². The second kappa shape index (κ2) is 5.11. The van der Waals surface area contributed by atoms with Gasteiger partial charge in [0, 0.05) is 18.0 Å². The van der Waals surface area contributed by atoms with E-state index in [4.69, 9.17) is 4.74 Å². The van der Waals surface area contributed by atoms with Crippen molar-refractivity contribution in [2.45, 2.75) is 6.61 Å². The normalized spacial score (nSPS) is 9.93. The zero-order valence-electron chi connectivity index (χ0n) is 8.06. The molecule has 1 heterocycles. The number of hydrogen-bond acceptors (Lipinski definition) is 2. The minimum Gasteiger partial charge on any atom is -0.488 e. The Hall–Kier alpha value is -1.10. The summed E-state index contributed by atoms with van der Waals surface area (Å²) in [6, 6.07) is 11.9. The molecular weight excluding hydrogens is 301 g/mol. The summed E-state index contributed by atoms with van der Waals surface area (Å²) >= 11 is 2.26. The van der Waals surface area contributed by atoms with Gasteiger partial charge in [0.25, 0.3) is 0 Å². The molecule has 0 saturated carbocycles. The monoisotopic (exact) mass is 311 g/mol. The van der Waals surface area contributed by atoms with Gasteiger partial charge in [0.2, 0.25) is 0 Å². The van der Waals surface area contributed by atoms with Crippen LogP contribution in [0.5, 0.6) is 5.75 Å². The Morgan fingerprint density at radius 3 is 2.73 bits per heavy atom. The fraction of sp³-hybridized carbons (Fsp3) is 0.0833. The molecule has 2 aromatic rings. The van der Waals surface area contributed by atoms with E-state index in [1.165, 1.54) is 0 Å². The first-order valence-electron chi connectivity index (χ1n) is 4.62. The van der Waals surface area contributed by atoms with Gasteiger partial charge in [0.15, 0.2) is 0 Å². The van der Waals surface area contributed by atoms with Crippen LogP contribution in [0.3, 0.4) is 0 Å². The Morgan fingerprint density at radius 1 is 1.13 bits per heavy atom. The van der Waals surface area contributed by atoms with Crippen molar-refractivity contribution in [3.05, 3.63) is 57.9 Å². The molecule has 15 heavy (non-hydrogen) atoms. The summed E-state index contributed by atoms with van der Waals surface area (Å²) in [6.07, 6.45) is 3.57. The van der Waals surface area contributed by atoms with Crippen LogP contribution < -0.4 is 4.74 Å². The molecule has 0 atom stereocenters. The highest BCUT2D eigenvalue weighted by molar-refractivity contribution is 14.1. The molecule has 2 nitrogen and oxygen atoms in total. The molecule has 2 rings (SSSR count). The van der Waals surface area contributed by atoms with E-state index >= 15 is 0 Å². The van der Waals surface area contributed by atoms with E-state index < -0.39 is 0 Å². The first-order valence-corrected chi connectivity index (χ1v) is 5.70. The molecule has 0 aliphatic carbocycles. The van der Waals surface area contributed by atoms with Crippen LogP contribution in [0.25, 0.3) is 0 Å². The molecule has 76 valence electrons. The van der Waals surface area contributed by atoms with Crippen molar-refractivity contribution < 1.29 is 4.74 Å². The van der Waals surface area contributed by atoms with Gasteiger partial charge < -0.3 is 4.74 Å². The fourth-order valence-corrected chi connectivity index (χ4v) is 1.75. The summed E-state index contributed by atoms with van der Waals surface area (Å²) in [5.41, 5.74) is 1.08. The number of aromatic nitrogens is 1. The molecule has 0 radical (unpaired) electrons. The maximum absolute atomic E-state index is 5.68. The summed E-state index contributed by atoms with van der Waals surface area (Å²) < 4.78 is 6.80. The van der Waals surface area contributed by atoms with Crippen molar-refractivity contribution in [3.63, 3.8) is 0 Å². The van der Waals surface area contributed by atoms with Crippen LogP contribution >= 0.6 is 22.6 Å². The SMILES string of the molecule is Ic1ccccc1OCc1cccnc1. The topological polar surface area (TPSA) is 22.1 Å². The first-order chi connectivity index (χ1) is 7.36. The predicted molar refractivity (Wildman–Crippen MR) is 67.7 cm³/mol. The summed E-state index contributed by atoms with van der Waals surface area (Å²) in [7, 11) is 0. The maximum atomic E-state index is 5.68. The van der Waals surface area contributed by atoms with Crippen molar-refractivity contribution >= 4 is 22.6 Å². The number of nitrogens with zero attached hydrogens (tertiary/aromatic N) is 1. The molecule has 0 N–H and O–H groups in total. The van der Waals surface area contributed by atoms with Crippen LogP contribution in [0.2, 0.25) is 0 Å². The van der Waals surface area contributed by atoms with E-state index in [0.29, 0.717) is 6.61 Å². The van der Waals surface area contributed by atoms with Crippen LogP contribution in [0.1, 0.15) is 5.56 Å². The average Bonchev–Trinajstić information content (AvgIpc) is 2.29. The van der Waals surface area contributed by atoms with Gasteiger partial charge in [-0.25, -0.2) is 0 Å². The van der Waals surface area contributed by atoms with Crippen molar-refractivity contribution in [2.24, 2.45) is 0 Å². The van der Waals surface area contributed by atoms with Crippen LogP contribution in [0.4, 0.5) is 0 Å². The predicted octanol–water partition coefficient (Wildman–Crippen LogP) is 3.27. The third kappa shape index (κ3) is 2.92. The molecule has 0 aliphatic rings. The van der Waals surface area contributed by atoms with Crippen molar-refractivity contribution in [1.29, 1.82) is 0 Å². The third-order valence-corrected chi connectivity index (χ3v) is 2.84. The van der Waals surface area contributed by atoms with Gasteiger partial charge in [-0.2, -0.15) is 0 Å². The second-order valence-corrected chi connectivity index (χ2v) is 4.24. The number of halogens is 1. The quantitative estimate of drug-likeness (QED) is 0.812. The highest BCUT2D eigenvalue weighted by Crippen LogP contribution is 2.20. The number of hydrogen-bond donors (Lipinski definition) is 0. The molecule has 0 saturated heterocycles. The lowest BCUT2D eigenvalue weighted by Crippen LogP contribution is -1.96. The molecular formula is C12H10INO. The van der Waals surface area contributed by atoms with Gasteiger partial charge in [0.1, 0.15) is 12.4 Å². The molecule has 1 aromatic heterocycles. The largest absolute Gasteiger partial charge is 0.488 e. The van der Waals surface area contributed by atoms with Crippen LogP contribution in [0, 0.1) is 3.57 Å². The number of rotatable bonds is 3. The number of ether oxygens (including phenoxy) is 1. The fourth-order valence-electron chi connectivity index (χ4n) is 1.21. The van der Waals surface area contributed by atoms with Crippen molar-refractivity contribution in [3.8, 4) is 5.75 Å². The summed E-state index contributed by atoms with van der Waals surface area (Å²) in [5, 5.41) is 0. The van der Waals surface area contributed by atoms with E-state index in [1.54, 1.807) is 6.20 Å². The third-order valence-electron chi connectivity index (χ3n) is 1.95. The standard InChI is InChI=1S/C12H10INO/c13-11-5-1-2-6-12(11)15-9-10-4-3-7-14-8-10/h1-8H,9H2. The minimum absolute atomic E-state index is 0.563. The van der Waals surface area contributed by atoms with Gasteiger partial charge in [0.05, 0.1) is 3.57 Å². The molecule has 0 amide bonds. The molecule has 0 aliphatic heterocycles. The van der Waals surface area contributed by atoms with Crippen molar-refractivity contribution in [1.82, 2.24) is 4.98 Å². The van der Waals surface area contributed by atoms with Crippen LogP contribution in [0.15, 0.2) is 48.8 Å². The van der Waals surface area contributed by atoms with Gasteiger partial charge in [-0.1, -0.05) is 18.2 Å². The Morgan fingerprint density at radius 2 is 2.00 bits per heavy atom. The average molecular weight is 311 g/mol. The Kier molecular flexibility index (Phi) is 3.55. The lowest BCUT2D eigenvalue weighted by molar-refractivity contribution is 0.303. The van der Waals surface area contributed by atoms with Crippen molar-refractivity contribution in [2.75, 3.05) is 0 Å². The molecule has 0 spiro atoms. The van der Waals surface area contributed by atoms with E-state index in [2.05, 4.69) is 27.6 Å². The van der Waals surface area contributed by atoms with Crippen LogP contribution in [-0.2, 0) is 6.61 Å². The smallest absolute Gasteiger partial charge is 0.133 e. The number of benzene rings is 1. The zero-order chi connectivity index (χ0) is 10.5. The minimum atomic E-state index is 0.563. The maximum Gasteiger partial charge on any atom is 0.133 e. The summed E-state index contributed by atoms with van der Waals surface area (Å²) in [5.74, 6) is 0.918. The Bertz CT molecular complexity index is 431. The molecule has 0 unspecified atom stereocenters. The Labute approximate surface area is 102 Å². The molecule has 1 aromatic carbocycles. The van der Waals surface area contributed by atoms with E-state index in [1.807, 2.05) is 42.6 Å². The highest BCUT2D eigenvalue weighted by Gasteiger charge is 1.99. The van der Waals surface area contributed by atoms with E-state index in [0.717, 1.165) is 14.9 Å². The Balaban J connectivity index is 2.03. The van der Waals surface area contributed by atoms with E-state index in [-0.39, 0.29) is 0 Å². The highest BCUT2D eigenvalue weighted by atomic mass is 127. The lowest BCUT2D eigenvalue weighted by atomic mass is 10.3. The molecule has 3 heteroatoms. The van der Waals surface area contributed by atoms with Gasteiger partial charge in [-0.15, -0.1) is 0 Å². The van der Waals surface area contributed by atoms with Crippen LogP contribution in [-0.4, -0.2) is 4.98 Å². The summed E-state index contributed by atoms with van der Waals surface area (Å²) in [4.78, 5) is 4.04. The second-order valence-electron chi connectivity index (χ2n) is 3.08. The number of para-hydroxylation sites is 1. The van der Waals surface area contributed by atoms with Gasteiger partial charge in [-0.3, -0.25) is 4.98 Å². The lowest BCUT2D eigenvalue weighted by Gasteiger charge is -2.07. The van der Waals surface area contributed by atoms with Gasteiger partial charge in [-0.05, 0) is 40.8 Å². The summed E-state index contributed by atoms with van der Waals surface area (Å²) in [6.45, 7) is 0.563. The zero-order valence-corrected chi connectivity index (χ0v) is 10.2.